The molecule has 24 heavy (non-hydrogen) atoms. The van der Waals surface area contributed by atoms with Crippen LogP contribution in [0.3, 0.4) is 0 Å². The quantitative estimate of drug-likeness (QED) is 0.138. The number of rotatable bonds is 18. The van der Waals surface area contributed by atoms with Gasteiger partial charge >= 0.3 is 0 Å². The summed E-state index contributed by atoms with van der Waals surface area (Å²) in [5, 5.41) is 0. The normalized spacial score (nSPS) is 13.2. The van der Waals surface area contributed by atoms with Crippen molar-refractivity contribution in [1.82, 2.24) is 0 Å². The first kappa shape index (κ1) is 23.7. The van der Waals surface area contributed by atoms with Crippen molar-refractivity contribution in [2.75, 3.05) is 21.1 Å². The van der Waals surface area contributed by atoms with Crippen molar-refractivity contribution >= 4 is 0 Å². The Hall–Kier alpha value is -0.300. The monoisotopic (exact) mass is 338 g/mol. The Morgan fingerprint density at radius 2 is 0.958 bits per heavy atom. The lowest BCUT2D eigenvalue weighted by molar-refractivity contribution is -0.889. The fourth-order valence-corrected chi connectivity index (χ4v) is 3.55. The summed E-state index contributed by atoms with van der Waals surface area (Å²) in [7, 11) is 6.83. The molecule has 0 heterocycles. The highest BCUT2D eigenvalue weighted by atomic mass is 15.3. The molecule has 144 valence electrons. The molecular formula is C23H48N+. The lowest BCUT2D eigenvalue weighted by Crippen LogP contribution is -2.43. The van der Waals surface area contributed by atoms with E-state index < -0.39 is 0 Å². The molecule has 0 amide bonds. The summed E-state index contributed by atoms with van der Waals surface area (Å²) in [4.78, 5) is 0. The summed E-state index contributed by atoms with van der Waals surface area (Å²) in [6.45, 7) is 6.30. The van der Waals surface area contributed by atoms with Gasteiger partial charge in [-0.15, -0.1) is 0 Å². The molecule has 0 aromatic carbocycles. The summed E-state index contributed by atoms with van der Waals surface area (Å²) >= 11 is 0. The van der Waals surface area contributed by atoms with Crippen LogP contribution in [0.25, 0.3) is 0 Å². The van der Waals surface area contributed by atoms with E-state index in [1.165, 1.54) is 103 Å². The van der Waals surface area contributed by atoms with Crippen molar-refractivity contribution in [2.45, 2.75) is 116 Å². The average Bonchev–Trinajstić information content (AvgIpc) is 2.53. The molecule has 0 N–H and O–H groups in total. The highest BCUT2D eigenvalue weighted by Crippen LogP contribution is 2.16. The Bertz CT molecular complexity index is 264. The first-order valence-electron chi connectivity index (χ1n) is 11.0. The van der Waals surface area contributed by atoms with Gasteiger partial charge in [-0.05, 0) is 12.5 Å². The van der Waals surface area contributed by atoms with Gasteiger partial charge in [-0.25, -0.2) is 0 Å². The van der Waals surface area contributed by atoms with Crippen molar-refractivity contribution in [1.29, 1.82) is 0 Å². The van der Waals surface area contributed by atoms with Gasteiger partial charge in [-0.3, -0.25) is 0 Å². The number of nitrogens with zero attached hydrogens (tertiary/aromatic N) is 1. The van der Waals surface area contributed by atoms with E-state index in [1.54, 1.807) is 0 Å². The average molecular weight is 339 g/mol. The van der Waals surface area contributed by atoms with Crippen LogP contribution >= 0.6 is 0 Å². The SMILES string of the molecule is C=CC(CCCCCCCCCCCCCCCCC)[N+](C)(C)C. The largest absolute Gasteiger partial charge is 0.325 e. The van der Waals surface area contributed by atoms with Crippen LogP contribution in [0.1, 0.15) is 110 Å². The lowest BCUT2D eigenvalue weighted by Gasteiger charge is -2.32. The van der Waals surface area contributed by atoms with Crippen LogP contribution in [0.5, 0.6) is 0 Å². The highest BCUT2D eigenvalue weighted by molar-refractivity contribution is 4.79. The fourth-order valence-electron chi connectivity index (χ4n) is 3.55. The first-order chi connectivity index (χ1) is 11.5. The van der Waals surface area contributed by atoms with Gasteiger partial charge in [0, 0.05) is 6.42 Å². The predicted octanol–water partition coefficient (Wildman–Crippen LogP) is 7.51. The zero-order valence-electron chi connectivity index (χ0n) is 17.6. The zero-order valence-corrected chi connectivity index (χ0v) is 17.6. The van der Waals surface area contributed by atoms with Crippen LogP contribution in [0.4, 0.5) is 0 Å². The maximum absolute atomic E-state index is 4.00. The second kappa shape index (κ2) is 16.2. The van der Waals surface area contributed by atoms with E-state index >= 15 is 0 Å². The van der Waals surface area contributed by atoms with Crippen LogP contribution < -0.4 is 0 Å². The molecule has 0 spiro atoms. The van der Waals surface area contributed by atoms with Gasteiger partial charge in [0.1, 0.15) is 6.04 Å². The number of unbranched alkanes of at least 4 members (excludes halogenated alkanes) is 14. The molecule has 1 atom stereocenters. The molecule has 0 aromatic rings. The van der Waals surface area contributed by atoms with Gasteiger partial charge in [0.15, 0.2) is 0 Å². The predicted molar refractivity (Wildman–Crippen MR) is 112 cm³/mol. The fraction of sp³-hybridized carbons (Fsp3) is 0.913. The van der Waals surface area contributed by atoms with Crippen molar-refractivity contribution in [2.24, 2.45) is 0 Å². The molecule has 0 fully saturated rings. The number of hydrogen-bond donors (Lipinski definition) is 0. The zero-order chi connectivity index (χ0) is 18.1. The Morgan fingerprint density at radius 1 is 0.625 bits per heavy atom. The molecular weight excluding hydrogens is 290 g/mol. The lowest BCUT2D eigenvalue weighted by atomic mass is 10.0. The van der Waals surface area contributed by atoms with Crippen LogP contribution in [-0.2, 0) is 0 Å². The Morgan fingerprint density at radius 3 is 1.25 bits per heavy atom. The molecule has 0 bridgehead atoms. The van der Waals surface area contributed by atoms with Crippen molar-refractivity contribution in [3.05, 3.63) is 12.7 Å². The number of hydrogen-bond acceptors (Lipinski definition) is 0. The third-order valence-electron chi connectivity index (χ3n) is 5.37. The van der Waals surface area contributed by atoms with Crippen LogP contribution in [0.2, 0.25) is 0 Å². The Kier molecular flexibility index (Phi) is 16.0. The van der Waals surface area contributed by atoms with E-state index in [0.717, 1.165) is 4.48 Å². The molecule has 1 heteroatoms. The Labute approximate surface area is 154 Å². The van der Waals surface area contributed by atoms with E-state index in [9.17, 15) is 0 Å². The number of likely N-dealkylation sites (N-methyl/N-ethyl adjacent to an activating group) is 1. The summed E-state index contributed by atoms with van der Waals surface area (Å²) in [6, 6.07) is 0.618. The minimum absolute atomic E-state index is 0.618. The molecule has 1 nitrogen and oxygen atoms in total. The van der Waals surface area contributed by atoms with E-state index in [1.807, 2.05) is 0 Å². The minimum Gasteiger partial charge on any atom is -0.325 e. The molecule has 0 saturated carbocycles. The molecule has 1 unspecified atom stereocenters. The molecule has 0 rings (SSSR count). The second-order valence-corrected chi connectivity index (χ2v) is 8.66. The molecule has 0 aliphatic rings. The highest BCUT2D eigenvalue weighted by Gasteiger charge is 2.18. The Balaban J connectivity index is 3.22. The molecule has 0 saturated heterocycles. The van der Waals surface area contributed by atoms with Gasteiger partial charge in [-0.1, -0.05) is 103 Å². The maximum atomic E-state index is 4.00. The van der Waals surface area contributed by atoms with E-state index in [2.05, 4.69) is 40.7 Å². The smallest absolute Gasteiger partial charge is 0.107 e. The molecule has 0 radical (unpaired) electrons. The first-order valence-corrected chi connectivity index (χ1v) is 11.0. The molecule has 0 aliphatic carbocycles. The summed E-state index contributed by atoms with van der Waals surface area (Å²) < 4.78 is 1.02. The molecule has 0 aromatic heterocycles. The number of quaternary nitrogens is 1. The summed E-state index contributed by atoms with van der Waals surface area (Å²) in [5.41, 5.74) is 0. The third-order valence-corrected chi connectivity index (χ3v) is 5.37. The summed E-state index contributed by atoms with van der Waals surface area (Å²) in [5.74, 6) is 0. The standard InChI is InChI=1S/C23H48N/c1-6-8-9-10-11-12-13-14-15-16-17-18-19-20-21-22-23(7-2)24(3,4)5/h7,23H,2,6,8-22H2,1,3-5H3/q+1. The van der Waals surface area contributed by atoms with E-state index in [4.69, 9.17) is 0 Å². The minimum atomic E-state index is 0.618. The van der Waals surface area contributed by atoms with Gasteiger partial charge < -0.3 is 4.48 Å². The third kappa shape index (κ3) is 15.2. The van der Waals surface area contributed by atoms with Crippen molar-refractivity contribution < 1.29 is 4.48 Å². The van der Waals surface area contributed by atoms with Crippen LogP contribution in [0.15, 0.2) is 12.7 Å². The summed E-state index contributed by atoms with van der Waals surface area (Å²) in [6.07, 6.45) is 25.1. The van der Waals surface area contributed by atoms with E-state index in [0.29, 0.717) is 6.04 Å². The van der Waals surface area contributed by atoms with Crippen molar-refractivity contribution in [3.63, 3.8) is 0 Å². The van der Waals surface area contributed by atoms with Gasteiger partial charge in [0.25, 0.3) is 0 Å². The van der Waals surface area contributed by atoms with Crippen LogP contribution in [-0.4, -0.2) is 31.7 Å². The van der Waals surface area contributed by atoms with Crippen LogP contribution in [0, 0.1) is 0 Å². The van der Waals surface area contributed by atoms with E-state index in [-0.39, 0.29) is 0 Å². The second-order valence-electron chi connectivity index (χ2n) is 8.66. The van der Waals surface area contributed by atoms with Crippen molar-refractivity contribution in [3.8, 4) is 0 Å². The van der Waals surface area contributed by atoms with Gasteiger partial charge in [-0.2, -0.15) is 0 Å². The van der Waals surface area contributed by atoms with Gasteiger partial charge in [0.05, 0.1) is 21.1 Å². The topological polar surface area (TPSA) is 0 Å². The van der Waals surface area contributed by atoms with Gasteiger partial charge in [0.2, 0.25) is 0 Å². The molecule has 0 aliphatic heterocycles. The maximum Gasteiger partial charge on any atom is 0.107 e.